The van der Waals surface area contributed by atoms with Gasteiger partial charge in [-0.05, 0) is 39.7 Å². The average molecular weight is 397 g/mol. The highest BCUT2D eigenvalue weighted by molar-refractivity contribution is 7.99. The number of nitrogens with one attached hydrogen (secondary N) is 1. The van der Waals surface area contributed by atoms with Crippen molar-refractivity contribution in [3.05, 3.63) is 28.3 Å². The number of likely N-dealkylation sites (tertiary alicyclic amines) is 1. The molecule has 150 valence electrons. The van der Waals surface area contributed by atoms with E-state index in [-0.39, 0.29) is 24.4 Å². The van der Waals surface area contributed by atoms with Crippen LogP contribution >= 0.6 is 11.8 Å². The first-order valence-corrected chi connectivity index (χ1v) is 9.95. The Hall–Kier alpha value is -2.00. The Morgan fingerprint density at radius 3 is 2.63 bits per heavy atom. The maximum Gasteiger partial charge on any atom is 0.410 e. The number of nitrogens with zero attached hydrogens (tertiary/aromatic N) is 2. The number of anilines is 1. The van der Waals surface area contributed by atoms with Crippen molar-refractivity contribution in [2.45, 2.75) is 50.2 Å². The van der Waals surface area contributed by atoms with E-state index in [1.165, 1.54) is 23.9 Å². The number of carbonyl (C=O) groups is 1. The number of amides is 1. The van der Waals surface area contributed by atoms with E-state index in [1.54, 1.807) is 11.0 Å². The molecule has 8 nitrogen and oxygen atoms in total. The van der Waals surface area contributed by atoms with Gasteiger partial charge < -0.3 is 20.1 Å². The molecule has 0 spiro atoms. The lowest BCUT2D eigenvalue weighted by Gasteiger charge is -2.34. The van der Waals surface area contributed by atoms with Gasteiger partial charge in [0.15, 0.2) is 0 Å². The maximum absolute atomic E-state index is 12.2. The fourth-order valence-electron chi connectivity index (χ4n) is 2.78. The number of non-ortho nitro benzene ring substituents is 1. The molecule has 0 unspecified atom stereocenters. The molecule has 0 aliphatic carbocycles. The number of aliphatic hydroxyl groups excluding tert-OH is 1. The van der Waals surface area contributed by atoms with E-state index in [2.05, 4.69) is 5.32 Å². The van der Waals surface area contributed by atoms with Crippen molar-refractivity contribution in [1.29, 1.82) is 0 Å². The summed E-state index contributed by atoms with van der Waals surface area (Å²) >= 11 is 1.45. The molecule has 9 heteroatoms. The summed E-state index contributed by atoms with van der Waals surface area (Å²) in [7, 11) is 0. The Balaban J connectivity index is 2.00. The van der Waals surface area contributed by atoms with E-state index in [0.717, 1.165) is 17.7 Å². The number of nitro groups is 1. The first-order valence-electron chi connectivity index (χ1n) is 8.96. The zero-order valence-corrected chi connectivity index (χ0v) is 16.8. The van der Waals surface area contributed by atoms with Gasteiger partial charge in [0.05, 0.1) is 17.2 Å². The molecular weight excluding hydrogens is 370 g/mol. The molecule has 0 radical (unpaired) electrons. The molecule has 1 aromatic carbocycles. The van der Waals surface area contributed by atoms with Crippen LogP contribution < -0.4 is 5.32 Å². The summed E-state index contributed by atoms with van der Waals surface area (Å²) in [5, 5.41) is 23.5. The number of aliphatic hydroxyl groups is 1. The first-order chi connectivity index (χ1) is 12.7. The Labute approximate surface area is 163 Å². The Morgan fingerprint density at radius 1 is 1.41 bits per heavy atom. The smallest absolute Gasteiger partial charge is 0.410 e. The minimum Gasteiger partial charge on any atom is -0.444 e. The lowest BCUT2D eigenvalue weighted by atomic mass is 10.0. The second-order valence-electron chi connectivity index (χ2n) is 7.40. The van der Waals surface area contributed by atoms with E-state index in [4.69, 9.17) is 9.84 Å². The van der Waals surface area contributed by atoms with Gasteiger partial charge in [0.1, 0.15) is 5.60 Å². The zero-order chi connectivity index (χ0) is 20.0. The first kappa shape index (κ1) is 21.3. The summed E-state index contributed by atoms with van der Waals surface area (Å²) in [6.07, 6.45) is 1.15. The monoisotopic (exact) mass is 397 g/mol. The molecule has 1 fully saturated rings. The summed E-state index contributed by atoms with van der Waals surface area (Å²) in [6.45, 7) is 6.70. The molecule has 0 saturated carbocycles. The van der Waals surface area contributed by atoms with Crippen molar-refractivity contribution in [2.75, 3.05) is 30.8 Å². The van der Waals surface area contributed by atoms with E-state index >= 15 is 0 Å². The van der Waals surface area contributed by atoms with Gasteiger partial charge in [-0.3, -0.25) is 10.1 Å². The predicted molar refractivity (Wildman–Crippen MR) is 105 cm³/mol. The highest BCUT2D eigenvalue weighted by Gasteiger charge is 2.27. The third kappa shape index (κ3) is 6.59. The molecule has 0 bridgehead atoms. The second-order valence-corrected chi connectivity index (χ2v) is 8.53. The molecule has 1 aliphatic rings. The van der Waals surface area contributed by atoms with Crippen LogP contribution in [0, 0.1) is 10.1 Å². The van der Waals surface area contributed by atoms with Crippen molar-refractivity contribution >= 4 is 29.2 Å². The number of rotatable bonds is 6. The van der Waals surface area contributed by atoms with Crippen LogP contribution in [-0.4, -0.2) is 58.1 Å². The maximum atomic E-state index is 12.2. The highest BCUT2D eigenvalue weighted by atomic mass is 32.2. The summed E-state index contributed by atoms with van der Waals surface area (Å²) in [5.74, 6) is 0.517. The number of ether oxygens (including phenoxy) is 1. The number of hydrogen-bond acceptors (Lipinski definition) is 7. The van der Waals surface area contributed by atoms with Crippen LogP contribution in [0.25, 0.3) is 0 Å². The molecule has 1 amide bonds. The molecule has 1 saturated heterocycles. The van der Waals surface area contributed by atoms with E-state index < -0.39 is 10.5 Å². The fourth-order valence-corrected chi connectivity index (χ4v) is 3.53. The largest absolute Gasteiger partial charge is 0.444 e. The molecule has 0 atom stereocenters. The molecular formula is C18H27N3O5S. The zero-order valence-electron chi connectivity index (χ0n) is 15.9. The number of piperidine rings is 1. The van der Waals surface area contributed by atoms with Crippen molar-refractivity contribution in [2.24, 2.45) is 0 Å². The van der Waals surface area contributed by atoms with Crippen molar-refractivity contribution < 1.29 is 19.6 Å². The summed E-state index contributed by atoms with van der Waals surface area (Å²) in [5.41, 5.74) is 0.198. The van der Waals surface area contributed by atoms with Gasteiger partial charge in [0.25, 0.3) is 5.69 Å². The van der Waals surface area contributed by atoms with Crippen LogP contribution in [0.1, 0.15) is 33.6 Å². The molecule has 1 aliphatic heterocycles. The van der Waals surface area contributed by atoms with Crippen molar-refractivity contribution in [3.63, 3.8) is 0 Å². The predicted octanol–water partition coefficient (Wildman–Crippen LogP) is 3.49. The number of nitro benzene ring substituents is 1. The lowest BCUT2D eigenvalue weighted by Crippen LogP contribution is -2.44. The molecule has 1 heterocycles. The van der Waals surface area contributed by atoms with Crippen molar-refractivity contribution in [3.8, 4) is 0 Å². The van der Waals surface area contributed by atoms with Crippen LogP contribution in [0.3, 0.4) is 0 Å². The number of carbonyl (C=O) groups excluding carboxylic acids is 1. The van der Waals surface area contributed by atoms with Gasteiger partial charge in [0, 0.05) is 41.9 Å². The molecule has 2 N–H and O–H groups in total. The molecule has 1 aromatic rings. The van der Waals surface area contributed by atoms with E-state index in [9.17, 15) is 14.9 Å². The summed E-state index contributed by atoms with van der Waals surface area (Å²) in [6, 6.07) is 4.81. The van der Waals surface area contributed by atoms with Crippen LogP contribution in [-0.2, 0) is 4.74 Å². The second kappa shape index (κ2) is 9.27. The number of benzene rings is 1. The van der Waals surface area contributed by atoms with Crippen LogP contribution in [0.2, 0.25) is 0 Å². The van der Waals surface area contributed by atoms with Gasteiger partial charge in [-0.15, -0.1) is 11.8 Å². The number of thioether (sulfide) groups is 1. The molecule has 0 aromatic heterocycles. The van der Waals surface area contributed by atoms with Gasteiger partial charge in [0.2, 0.25) is 0 Å². The molecule has 27 heavy (non-hydrogen) atoms. The number of hydrogen-bond donors (Lipinski definition) is 2. The minimum atomic E-state index is -0.520. The van der Waals surface area contributed by atoms with Crippen LogP contribution in [0.15, 0.2) is 23.1 Å². The fraction of sp³-hybridized carbons (Fsp3) is 0.611. The van der Waals surface area contributed by atoms with Gasteiger partial charge in [-0.2, -0.15) is 0 Å². The lowest BCUT2D eigenvalue weighted by molar-refractivity contribution is -0.384. The van der Waals surface area contributed by atoms with Crippen LogP contribution in [0.5, 0.6) is 0 Å². The van der Waals surface area contributed by atoms with Crippen molar-refractivity contribution in [1.82, 2.24) is 4.90 Å². The Morgan fingerprint density at radius 2 is 2.07 bits per heavy atom. The summed E-state index contributed by atoms with van der Waals surface area (Å²) < 4.78 is 5.40. The Kier molecular flexibility index (Phi) is 7.32. The third-order valence-corrected chi connectivity index (χ3v) is 5.08. The Bertz CT molecular complexity index is 669. The SMILES string of the molecule is CC(C)(C)OC(=O)N1CCC(Nc2cc([N+](=O)[O-])ccc2SCCO)CC1. The molecule has 2 rings (SSSR count). The average Bonchev–Trinajstić information content (AvgIpc) is 2.59. The van der Waals surface area contributed by atoms with E-state index in [1.807, 2.05) is 20.8 Å². The normalized spacial score (nSPS) is 15.5. The third-order valence-electron chi connectivity index (χ3n) is 4.03. The highest BCUT2D eigenvalue weighted by Crippen LogP contribution is 2.32. The topological polar surface area (TPSA) is 105 Å². The van der Waals surface area contributed by atoms with Gasteiger partial charge in [-0.1, -0.05) is 0 Å². The standard InChI is InChI=1S/C18H27N3O5S/c1-18(2,3)26-17(23)20-8-6-13(7-9-20)19-15-12-14(21(24)25)4-5-16(15)27-11-10-22/h4-5,12-13,19,22H,6-11H2,1-3H3. The van der Waals surface area contributed by atoms with Gasteiger partial charge in [-0.25, -0.2) is 4.79 Å². The quantitative estimate of drug-likeness (QED) is 0.430. The van der Waals surface area contributed by atoms with Gasteiger partial charge >= 0.3 is 6.09 Å². The van der Waals surface area contributed by atoms with Crippen LogP contribution in [0.4, 0.5) is 16.2 Å². The minimum absolute atomic E-state index is 0.0250. The van der Waals surface area contributed by atoms with E-state index in [0.29, 0.717) is 24.5 Å². The summed E-state index contributed by atoms with van der Waals surface area (Å²) in [4.78, 5) is 25.4.